The van der Waals surface area contributed by atoms with Crippen LogP contribution in [-0.2, 0) is 4.79 Å². The number of hydrogen-bond acceptors (Lipinski definition) is 5. The highest BCUT2D eigenvalue weighted by Gasteiger charge is 2.44. The van der Waals surface area contributed by atoms with Gasteiger partial charge in [-0.1, -0.05) is 22.9 Å². The van der Waals surface area contributed by atoms with Gasteiger partial charge in [0.15, 0.2) is 5.78 Å². The summed E-state index contributed by atoms with van der Waals surface area (Å²) in [6.07, 6.45) is 3.12. The molecule has 7 nitrogen and oxygen atoms in total. The number of carbonyl (C=O) groups is 2. The second kappa shape index (κ2) is 7.86. The third kappa shape index (κ3) is 3.41. The fourth-order valence-electron chi connectivity index (χ4n) is 5.23. The third-order valence-electron chi connectivity index (χ3n) is 7.34. The van der Waals surface area contributed by atoms with Crippen LogP contribution >= 0.6 is 15.9 Å². The third-order valence-corrected chi connectivity index (χ3v) is 7.84. The number of piperidine rings is 1. The van der Waals surface area contributed by atoms with Crippen molar-refractivity contribution >= 4 is 50.8 Å². The van der Waals surface area contributed by atoms with Gasteiger partial charge in [0, 0.05) is 33.9 Å². The summed E-state index contributed by atoms with van der Waals surface area (Å²) >= 11 is 3.47. The highest BCUT2D eigenvalue weighted by atomic mass is 79.9. The summed E-state index contributed by atoms with van der Waals surface area (Å²) in [4.78, 5) is 29.4. The zero-order chi connectivity index (χ0) is 22.6. The molecular weight excluding hydrogens is 472 g/mol. The van der Waals surface area contributed by atoms with E-state index in [0.717, 1.165) is 40.1 Å². The van der Waals surface area contributed by atoms with Gasteiger partial charge in [-0.15, -0.1) is 0 Å². The number of rotatable bonds is 3. The van der Waals surface area contributed by atoms with Crippen molar-refractivity contribution in [1.29, 1.82) is 0 Å². The number of carbonyl (C=O) groups excluding carboxylic acids is 2. The van der Waals surface area contributed by atoms with E-state index in [1.54, 1.807) is 0 Å². The summed E-state index contributed by atoms with van der Waals surface area (Å²) < 4.78 is 0.894. The summed E-state index contributed by atoms with van der Waals surface area (Å²) in [5.74, 6) is 0.123. The van der Waals surface area contributed by atoms with Crippen LogP contribution in [0.4, 0.5) is 11.5 Å². The molecule has 3 aliphatic rings. The predicted octanol–water partition coefficient (Wildman–Crippen LogP) is 3.55. The molecular formula is C24H27BrN4O3. The number of aromatic nitrogens is 1. The van der Waals surface area contributed by atoms with E-state index in [0.29, 0.717) is 36.3 Å². The van der Waals surface area contributed by atoms with Gasteiger partial charge < -0.3 is 26.0 Å². The number of anilines is 2. The number of nitrogens with one attached hydrogen (secondary N) is 4. The molecule has 1 amide bonds. The van der Waals surface area contributed by atoms with Crippen molar-refractivity contribution in [2.45, 2.75) is 32.3 Å². The van der Waals surface area contributed by atoms with Gasteiger partial charge in [-0.2, -0.15) is 0 Å². The number of Topliss-reactive ketones (excluding diaryl/α,β-unsaturated/α-hetero) is 1. The number of halogens is 1. The standard InChI is InChI=1S/C24H27BrN4O3/c1-12-19(10-16-15-9-14(25)3-4-18(15)29-23(16)31)28-22-20(12)21(30)17(11-27-22)13(2)24(32)5-7-26-8-6-24/h3-4,9-10,13,17,26-28,32H,5-8,11H2,1-2H3,(H,29,31). The SMILES string of the molecule is Cc1c(C=C2C(=O)Nc3ccc(Br)cc32)[nH]c2c1C(=O)C(C(C)C1(O)CCNCC1)CN2. The molecule has 1 fully saturated rings. The molecule has 2 aromatic rings. The lowest BCUT2D eigenvalue weighted by molar-refractivity contribution is -0.110. The van der Waals surface area contributed by atoms with Crippen LogP contribution in [0.15, 0.2) is 22.7 Å². The van der Waals surface area contributed by atoms with E-state index in [9.17, 15) is 14.7 Å². The van der Waals surface area contributed by atoms with E-state index in [4.69, 9.17) is 0 Å². The Morgan fingerprint density at radius 2 is 2.00 bits per heavy atom. The summed E-state index contributed by atoms with van der Waals surface area (Å²) in [6.45, 7) is 5.91. The van der Waals surface area contributed by atoms with Gasteiger partial charge in [0.05, 0.1) is 16.7 Å². The molecule has 0 spiro atoms. The second-order valence-corrected chi connectivity index (χ2v) is 10.0. The molecule has 168 valence electrons. The molecule has 5 rings (SSSR count). The highest BCUT2D eigenvalue weighted by molar-refractivity contribution is 9.10. The second-order valence-electron chi connectivity index (χ2n) is 9.11. The Labute approximate surface area is 195 Å². The van der Waals surface area contributed by atoms with Crippen molar-refractivity contribution in [3.05, 3.63) is 45.1 Å². The van der Waals surface area contributed by atoms with E-state index in [-0.39, 0.29) is 23.5 Å². The smallest absolute Gasteiger partial charge is 0.256 e. The number of aliphatic hydroxyl groups is 1. The Hall–Kier alpha value is -2.42. The average molecular weight is 499 g/mol. The van der Waals surface area contributed by atoms with E-state index in [1.165, 1.54) is 0 Å². The zero-order valence-electron chi connectivity index (χ0n) is 18.1. The maximum atomic E-state index is 13.5. The normalized spacial score (nSPS) is 24.0. The molecule has 32 heavy (non-hydrogen) atoms. The minimum Gasteiger partial charge on any atom is -0.389 e. The maximum absolute atomic E-state index is 13.5. The minimum atomic E-state index is -0.835. The molecule has 4 heterocycles. The fourth-order valence-corrected chi connectivity index (χ4v) is 5.59. The molecule has 3 aliphatic heterocycles. The van der Waals surface area contributed by atoms with Crippen molar-refractivity contribution < 1.29 is 14.7 Å². The molecule has 0 bridgehead atoms. The number of amides is 1. The number of hydrogen-bond donors (Lipinski definition) is 5. The Morgan fingerprint density at radius 1 is 1.25 bits per heavy atom. The Morgan fingerprint density at radius 3 is 2.75 bits per heavy atom. The minimum absolute atomic E-state index is 0.0515. The number of fused-ring (bicyclic) bond motifs is 2. The largest absolute Gasteiger partial charge is 0.389 e. The van der Waals surface area contributed by atoms with Crippen LogP contribution in [0.1, 0.15) is 46.9 Å². The Bertz CT molecular complexity index is 1150. The monoisotopic (exact) mass is 498 g/mol. The van der Waals surface area contributed by atoms with Crippen LogP contribution < -0.4 is 16.0 Å². The quantitative estimate of drug-likeness (QED) is 0.416. The maximum Gasteiger partial charge on any atom is 0.256 e. The van der Waals surface area contributed by atoms with Crippen LogP contribution in [-0.4, -0.2) is 47.0 Å². The molecule has 1 aromatic carbocycles. The lowest BCUT2D eigenvalue weighted by Gasteiger charge is -2.42. The number of benzene rings is 1. The van der Waals surface area contributed by atoms with Crippen LogP contribution in [0, 0.1) is 18.8 Å². The molecule has 0 radical (unpaired) electrons. The van der Waals surface area contributed by atoms with Crippen LogP contribution in [0.25, 0.3) is 11.6 Å². The van der Waals surface area contributed by atoms with E-state index < -0.39 is 5.60 Å². The lowest BCUT2D eigenvalue weighted by atomic mass is 9.71. The molecule has 2 atom stereocenters. The van der Waals surface area contributed by atoms with E-state index in [1.807, 2.05) is 38.1 Å². The zero-order valence-corrected chi connectivity index (χ0v) is 19.7. The van der Waals surface area contributed by atoms with Gasteiger partial charge >= 0.3 is 0 Å². The first-order chi connectivity index (χ1) is 15.3. The highest BCUT2D eigenvalue weighted by Crippen LogP contribution is 2.40. The van der Waals surface area contributed by atoms with Gasteiger partial charge in [0.1, 0.15) is 5.82 Å². The molecule has 2 unspecified atom stereocenters. The predicted molar refractivity (Wildman–Crippen MR) is 129 cm³/mol. The first-order valence-corrected chi connectivity index (χ1v) is 11.8. The molecule has 0 aliphatic carbocycles. The number of ketones is 1. The Balaban J connectivity index is 1.48. The van der Waals surface area contributed by atoms with Crippen molar-refractivity contribution in [3.8, 4) is 0 Å². The van der Waals surface area contributed by atoms with Gasteiger partial charge in [-0.25, -0.2) is 0 Å². The topological polar surface area (TPSA) is 106 Å². The molecule has 1 aromatic heterocycles. The first kappa shape index (κ1) is 21.4. The van der Waals surface area contributed by atoms with Gasteiger partial charge in [-0.05, 0) is 68.6 Å². The molecule has 1 saturated heterocycles. The van der Waals surface area contributed by atoms with Gasteiger partial charge in [0.25, 0.3) is 5.91 Å². The summed E-state index contributed by atoms with van der Waals surface area (Å²) in [6, 6.07) is 5.67. The molecule has 5 N–H and O–H groups in total. The van der Waals surface area contributed by atoms with Crippen molar-refractivity contribution in [2.24, 2.45) is 11.8 Å². The van der Waals surface area contributed by atoms with Crippen LogP contribution in [0.5, 0.6) is 0 Å². The number of aromatic amines is 1. The van der Waals surface area contributed by atoms with Crippen molar-refractivity contribution in [2.75, 3.05) is 30.3 Å². The van der Waals surface area contributed by atoms with Gasteiger partial charge in [-0.3, -0.25) is 9.59 Å². The van der Waals surface area contributed by atoms with E-state index >= 15 is 0 Å². The van der Waals surface area contributed by atoms with Crippen molar-refractivity contribution in [3.63, 3.8) is 0 Å². The van der Waals surface area contributed by atoms with Crippen molar-refractivity contribution in [1.82, 2.24) is 10.3 Å². The number of H-pyrrole nitrogens is 1. The average Bonchev–Trinajstić information content (AvgIpc) is 3.25. The first-order valence-electron chi connectivity index (χ1n) is 11.1. The van der Waals surface area contributed by atoms with Crippen LogP contribution in [0.3, 0.4) is 0 Å². The van der Waals surface area contributed by atoms with Crippen LogP contribution in [0.2, 0.25) is 0 Å². The summed E-state index contributed by atoms with van der Waals surface area (Å²) in [7, 11) is 0. The fraction of sp³-hybridized carbons (Fsp3) is 0.417. The molecule has 8 heteroatoms. The van der Waals surface area contributed by atoms with Gasteiger partial charge in [0.2, 0.25) is 0 Å². The summed E-state index contributed by atoms with van der Waals surface area (Å²) in [5, 5.41) is 20.7. The Kier molecular flexibility index (Phi) is 5.27. The summed E-state index contributed by atoms with van der Waals surface area (Å²) in [5.41, 5.74) is 3.51. The van der Waals surface area contributed by atoms with E-state index in [2.05, 4.69) is 36.9 Å². The molecule has 0 saturated carbocycles. The lowest BCUT2D eigenvalue weighted by Crippen LogP contribution is -2.51.